The van der Waals surface area contributed by atoms with Crippen molar-refractivity contribution >= 4 is 17.3 Å². The van der Waals surface area contributed by atoms with Gasteiger partial charge in [-0.2, -0.15) is 5.10 Å². The molecule has 0 spiro atoms. The van der Waals surface area contributed by atoms with Gasteiger partial charge in [-0.15, -0.1) is 0 Å². The molecule has 0 saturated carbocycles. The van der Waals surface area contributed by atoms with E-state index in [0.29, 0.717) is 5.71 Å². The fourth-order valence-corrected chi connectivity index (χ4v) is 2.45. The highest BCUT2D eigenvalue weighted by Gasteiger charge is 2.30. The molecule has 1 atom stereocenters. The van der Waals surface area contributed by atoms with E-state index in [9.17, 15) is 13.6 Å². The largest absolute Gasteiger partial charge is 0.382 e. The minimum Gasteiger partial charge on any atom is -0.382 e. The predicted molar refractivity (Wildman–Crippen MR) is 83.7 cm³/mol. The van der Waals surface area contributed by atoms with Gasteiger partial charge in [-0.25, -0.2) is 8.78 Å². The van der Waals surface area contributed by atoms with Crippen LogP contribution in [0.2, 0.25) is 0 Å². The second-order valence-corrected chi connectivity index (χ2v) is 5.43. The number of halogens is 2. The highest BCUT2D eigenvalue weighted by molar-refractivity contribution is 6.06. The lowest BCUT2D eigenvalue weighted by Crippen LogP contribution is -2.28. The van der Waals surface area contributed by atoms with E-state index in [1.807, 2.05) is 20.0 Å². The predicted octanol–water partition coefficient (Wildman–Crippen LogP) is 2.62. The summed E-state index contributed by atoms with van der Waals surface area (Å²) in [5.74, 6) is -1.94. The minimum absolute atomic E-state index is 0.230. The average molecular weight is 334 g/mol. The SMILES string of the molecule is CCn1cc(C2=NO[C@@H](C(=O)Nc3cc(F)ccc3F)C2)c(C)n1. The van der Waals surface area contributed by atoms with Crippen LogP contribution in [0, 0.1) is 18.6 Å². The van der Waals surface area contributed by atoms with Gasteiger partial charge in [0, 0.05) is 30.8 Å². The lowest BCUT2D eigenvalue weighted by atomic mass is 10.1. The number of hydrogen-bond donors (Lipinski definition) is 1. The topological polar surface area (TPSA) is 68.5 Å². The number of rotatable bonds is 4. The summed E-state index contributed by atoms with van der Waals surface area (Å²) in [6.07, 6.45) is 1.18. The van der Waals surface area contributed by atoms with E-state index >= 15 is 0 Å². The van der Waals surface area contributed by atoms with Gasteiger partial charge < -0.3 is 10.2 Å². The van der Waals surface area contributed by atoms with Crippen molar-refractivity contribution in [3.8, 4) is 0 Å². The maximum Gasteiger partial charge on any atom is 0.268 e. The quantitative estimate of drug-likeness (QED) is 0.934. The molecule has 2 heterocycles. The number of nitrogens with zero attached hydrogens (tertiary/aromatic N) is 3. The van der Waals surface area contributed by atoms with Gasteiger partial charge in [0.2, 0.25) is 6.10 Å². The van der Waals surface area contributed by atoms with E-state index < -0.39 is 23.6 Å². The van der Waals surface area contributed by atoms with E-state index in [2.05, 4.69) is 15.6 Å². The van der Waals surface area contributed by atoms with Crippen molar-refractivity contribution in [1.82, 2.24) is 9.78 Å². The van der Waals surface area contributed by atoms with Gasteiger partial charge in [0.25, 0.3) is 5.91 Å². The Bertz CT molecular complexity index is 816. The summed E-state index contributed by atoms with van der Waals surface area (Å²) in [6.45, 7) is 4.53. The number of nitrogens with one attached hydrogen (secondary N) is 1. The molecular weight excluding hydrogens is 318 g/mol. The Labute approximate surface area is 137 Å². The summed E-state index contributed by atoms with van der Waals surface area (Å²) in [4.78, 5) is 17.3. The summed E-state index contributed by atoms with van der Waals surface area (Å²) in [6, 6.07) is 2.84. The second kappa shape index (κ2) is 6.38. The van der Waals surface area contributed by atoms with Crippen LogP contribution in [0.25, 0.3) is 0 Å². The van der Waals surface area contributed by atoms with Gasteiger partial charge in [0.1, 0.15) is 11.6 Å². The smallest absolute Gasteiger partial charge is 0.268 e. The van der Waals surface area contributed by atoms with Crippen LogP contribution in [-0.4, -0.2) is 27.5 Å². The normalized spacial score (nSPS) is 16.7. The van der Waals surface area contributed by atoms with Gasteiger partial charge in [-0.3, -0.25) is 9.48 Å². The third kappa shape index (κ3) is 3.12. The molecule has 0 saturated heterocycles. The van der Waals surface area contributed by atoms with Crippen molar-refractivity contribution in [2.24, 2.45) is 5.16 Å². The van der Waals surface area contributed by atoms with Crippen LogP contribution < -0.4 is 5.32 Å². The van der Waals surface area contributed by atoms with Crippen molar-refractivity contribution in [3.05, 3.63) is 47.3 Å². The molecular formula is C16H16F2N4O2. The van der Waals surface area contributed by atoms with Crippen LogP contribution in [0.3, 0.4) is 0 Å². The molecule has 2 aromatic rings. The Balaban J connectivity index is 1.69. The van der Waals surface area contributed by atoms with Gasteiger partial charge >= 0.3 is 0 Å². The molecule has 3 rings (SSSR count). The Kier molecular flexibility index (Phi) is 4.28. The average Bonchev–Trinajstić information content (AvgIpc) is 3.17. The van der Waals surface area contributed by atoms with Crippen LogP contribution in [0.4, 0.5) is 14.5 Å². The molecule has 0 radical (unpaired) electrons. The molecule has 1 aromatic heterocycles. The molecule has 8 heteroatoms. The van der Waals surface area contributed by atoms with Crippen LogP contribution in [0.5, 0.6) is 0 Å². The standard InChI is InChI=1S/C16H16F2N4O2/c1-3-22-8-11(9(2)20-22)13-7-15(24-21-13)16(23)19-14-6-10(17)4-5-12(14)18/h4-6,8,15H,3,7H2,1-2H3,(H,19,23)/t15-/m1/s1. The molecule has 0 unspecified atom stereocenters. The first-order valence-corrected chi connectivity index (χ1v) is 7.51. The number of hydrogen-bond acceptors (Lipinski definition) is 4. The molecule has 1 amide bonds. The zero-order valence-corrected chi connectivity index (χ0v) is 13.2. The number of carbonyl (C=O) groups is 1. The minimum atomic E-state index is -0.896. The van der Waals surface area contributed by atoms with E-state index in [1.165, 1.54) is 0 Å². The summed E-state index contributed by atoms with van der Waals surface area (Å²) in [5, 5.41) is 10.6. The maximum absolute atomic E-state index is 13.6. The van der Waals surface area contributed by atoms with Gasteiger partial charge in [-0.1, -0.05) is 5.16 Å². The number of carbonyl (C=O) groups excluding carboxylic acids is 1. The zero-order chi connectivity index (χ0) is 17.3. The second-order valence-electron chi connectivity index (χ2n) is 5.43. The lowest BCUT2D eigenvalue weighted by Gasteiger charge is -2.10. The Hall–Kier alpha value is -2.77. The molecule has 1 aromatic carbocycles. The Morgan fingerprint density at radius 3 is 2.96 bits per heavy atom. The maximum atomic E-state index is 13.6. The number of benzene rings is 1. The van der Waals surface area contributed by atoms with Crippen molar-refractivity contribution < 1.29 is 18.4 Å². The number of aromatic nitrogens is 2. The molecule has 126 valence electrons. The van der Waals surface area contributed by atoms with E-state index in [-0.39, 0.29) is 12.1 Å². The van der Waals surface area contributed by atoms with E-state index in [1.54, 1.807) is 4.68 Å². The third-order valence-electron chi connectivity index (χ3n) is 3.73. The molecule has 0 bridgehead atoms. The van der Waals surface area contributed by atoms with Crippen molar-refractivity contribution in [3.63, 3.8) is 0 Å². The highest BCUT2D eigenvalue weighted by atomic mass is 19.1. The fraction of sp³-hybridized carbons (Fsp3) is 0.312. The monoisotopic (exact) mass is 334 g/mol. The van der Waals surface area contributed by atoms with Gasteiger partial charge in [-0.05, 0) is 26.0 Å². The number of amides is 1. The molecule has 1 aliphatic heterocycles. The summed E-state index contributed by atoms with van der Waals surface area (Å²) in [7, 11) is 0. The van der Waals surface area contributed by atoms with Crippen molar-refractivity contribution in [2.75, 3.05) is 5.32 Å². The first kappa shape index (κ1) is 16.1. The number of anilines is 1. The Morgan fingerprint density at radius 2 is 2.25 bits per heavy atom. The molecule has 1 N–H and O–H groups in total. The number of aryl methyl sites for hydroxylation is 2. The lowest BCUT2D eigenvalue weighted by molar-refractivity contribution is -0.125. The van der Waals surface area contributed by atoms with Crippen LogP contribution in [0.15, 0.2) is 29.6 Å². The Morgan fingerprint density at radius 1 is 1.46 bits per heavy atom. The van der Waals surface area contributed by atoms with Crippen LogP contribution >= 0.6 is 0 Å². The van der Waals surface area contributed by atoms with Crippen LogP contribution in [-0.2, 0) is 16.2 Å². The van der Waals surface area contributed by atoms with E-state index in [0.717, 1.165) is 36.0 Å². The van der Waals surface area contributed by atoms with Crippen molar-refractivity contribution in [1.29, 1.82) is 0 Å². The molecule has 6 nitrogen and oxygen atoms in total. The van der Waals surface area contributed by atoms with Crippen LogP contribution in [0.1, 0.15) is 24.6 Å². The first-order chi connectivity index (χ1) is 11.5. The summed E-state index contributed by atoms with van der Waals surface area (Å²) in [5.41, 5.74) is 1.97. The third-order valence-corrected chi connectivity index (χ3v) is 3.73. The number of oxime groups is 1. The first-order valence-electron chi connectivity index (χ1n) is 7.51. The fourth-order valence-electron chi connectivity index (χ4n) is 2.45. The molecule has 0 fully saturated rings. The van der Waals surface area contributed by atoms with Gasteiger partial charge in [0.15, 0.2) is 0 Å². The molecule has 1 aliphatic rings. The van der Waals surface area contributed by atoms with Crippen molar-refractivity contribution in [2.45, 2.75) is 32.9 Å². The summed E-state index contributed by atoms with van der Waals surface area (Å²) < 4.78 is 28.5. The molecule has 0 aliphatic carbocycles. The summed E-state index contributed by atoms with van der Waals surface area (Å²) >= 11 is 0. The van der Waals surface area contributed by atoms with Gasteiger partial charge in [0.05, 0.1) is 17.1 Å². The highest BCUT2D eigenvalue weighted by Crippen LogP contribution is 2.21. The van der Waals surface area contributed by atoms with E-state index in [4.69, 9.17) is 4.84 Å². The molecule has 24 heavy (non-hydrogen) atoms. The zero-order valence-electron chi connectivity index (χ0n) is 13.2.